The summed E-state index contributed by atoms with van der Waals surface area (Å²) >= 11 is 0. The third-order valence-electron chi connectivity index (χ3n) is 4.02. The van der Waals surface area contributed by atoms with Gasteiger partial charge in [-0.15, -0.1) is 0 Å². The molecule has 23 heavy (non-hydrogen) atoms. The predicted octanol–water partition coefficient (Wildman–Crippen LogP) is 2.20. The van der Waals surface area contributed by atoms with Crippen LogP contribution in [0.3, 0.4) is 0 Å². The Morgan fingerprint density at radius 3 is 2.96 bits per heavy atom. The summed E-state index contributed by atoms with van der Waals surface area (Å²) in [6, 6.07) is 9.66. The number of urea groups is 1. The lowest BCUT2D eigenvalue weighted by molar-refractivity contribution is 0.254. The number of fused-ring (bicyclic) bond motifs is 1. The number of amides is 2. The van der Waals surface area contributed by atoms with Gasteiger partial charge in [-0.3, -0.25) is 4.90 Å². The molecule has 0 radical (unpaired) electrons. The highest BCUT2D eigenvalue weighted by molar-refractivity contribution is 5.93. The van der Waals surface area contributed by atoms with Crippen molar-refractivity contribution >= 4 is 23.2 Å². The van der Waals surface area contributed by atoms with Gasteiger partial charge >= 0.3 is 6.03 Å². The smallest absolute Gasteiger partial charge is 0.319 e. The fourth-order valence-electron chi connectivity index (χ4n) is 2.89. The molecular formula is C17H21N5O. The van der Waals surface area contributed by atoms with E-state index in [1.807, 2.05) is 37.2 Å². The van der Waals surface area contributed by atoms with Crippen LogP contribution in [0.1, 0.15) is 11.1 Å². The largest absolute Gasteiger partial charge is 0.381 e. The summed E-state index contributed by atoms with van der Waals surface area (Å²) in [5.41, 5.74) is 9.57. The minimum atomic E-state index is -0.400. The zero-order valence-corrected chi connectivity index (χ0v) is 13.4. The summed E-state index contributed by atoms with van der Waals surface area (Å²) in [6.45, 7) is 1.32. The molecule has 0 atom stereocenters. The summed E-state index contributed by atoms with van der Waals surface area (Å²) in [5, 5.41) is 3.40. The quantitative estimate of drug-likeness (QED) is 0.908. The maximum absolute atomic E-state index is 11.5. The van der Waals surface area contributed by atoms with Crippen molar-refractivity contribution in [1.82, 2.24) is 4.98 Å². The van der Waals surface area contributed by atoms with Gasteiger partial charge in [0.1, 0.15) is 5.82 Å². The molecule has 6 nitrogen and oxygen atoms in total. The molecule has 120 valence electrons. The monoisotopic (exact) mass is 311 g/mol. The number of hydrogen-bond acceptors (Lipinski definition) is 4. The Hall–Kier alpha value is -2.76. The molecule has 1 aliphatic heterocycles. The SMILES string of the molecule is CN(C)c1ncccc1CNc1ccc2c(c1)N(C(N)=O)CC2. The molecule has 2 aromatic rings. The maximum atomic E-state index is 11.5. The highest BCUT2D eigenvalue weighted by atomic mass is 16.2. The maximum Gasteiger partial charge on any atom is 0.319 e. The van der Waals surface area contributed by atoms with Gasteiger partial charge in [0, 0.05) is 44.6 Å². The predicted molar refractivity (Wildman–Crippen MR) is 93.0 cm³/mol. The molecule has 0 bridgehead atoms. The fraction of sp³-hybridized carbons (Fsp3) is 0.294. The molecule has 3 N–H and O–H groups in total. The summed E-state index contributed by atoms with van der Waals surface area (Å²) < 4.78 is 0. The topological polar surface area (TPSA) is 74.5 Å². The van der Waals surface area contributed by atoms with Crippen molar-refractivity contribution in [1.29, 1.82) is 0 Å². The van der Waals surface area contributed by atoms with Gasteiger partial charge in [0.25, 0.3) is 0 Å². The van der Waals surface area contributed by atoms with Gasteiger partial charge in [-0.1, -0.05) is 12.1 Å². The molecule has 1 aromatic heterocycles. The number of carbonyl (C=O) groups is 1. The van der Waals surface area contributed by atoms with E-state index in [-0.39, 0.29) is 0 Å². The first-order valence-corrected chi connectivity index (χ1v) is 7.61. The van der Waals surface area contributed by atoms with Crippen LogP contribution in [0, 0.1) is 0 Å². The molecular weight excluding hydrogens is 290 g/mol. The molecule has 0 spiro atoms. The van der Waals surface area contributed by atoms with E-state index in [9.17, 15) is 4.79 Å². The highest BCUT2D eigenvalue weighted by Gasteiger charge is 2.22. The van der Waals surface area contributed by atoms with Crippen molar-refractivity contribution in [2.75, 3.05) is 35.8 Å². The van der Waals surface area contributed by atoms with E-state index in [2.05, 4.69) is 22.4 Å². The molecule has 3 rings (SSSR count). The highest BCUT2D eigenvalue weighted by Crippen LogP contribution is 2.31. The average molecular weight is 311 g/mol. The van der Waals surface area contributed by atoms with E-state index >= 15 is 0 Å². The van der Waals surface area contributed by atoms with Crippen molar-refractivity contribution in [2.45, 2.75) is 13.0 Å². The van der Waals surface area contributed by atoms with Crippen LogP contribution in [0.5, 0.6) is 0 Å². The lowest BCUT2D eigenvalue weighted by atomic mass is 10.1. The summed E-state index contributed by atoms with van der Waals surface area (Å²) in [7, 11) is 3.96. The first-order chi connectivity index (χ1) is 11.1. The van der Waals surface area contributed by atoms with Gasteiger partial charge in [0.15, 0.2) is 0 Å². The van der Waals surface area contributed by atoms with Crippen LogP contribution in [0.2, 0.25) is 0 Å². The third-order valence-corrected chi connectivity index (χ3v) is 4.02. The third kappa shape index (κ3) is 3.06. The van der Waals surface area contributed by atoms with E-state index in [0.717, 1.165) is 34.7 Å². The molecule has 0 fully saturated rings. The van der Waals surface area contributed by atoms with Gasteiger partial charge in [0.05, 0.1) is 5.69 Å². The van der Waals surface area contributed by atoms with Crippen molar-refractivity contribution in [3.63, 3.8) is 0 Å². The molecule has 6 heteroatoms. The number of carbonyl (C=O) groups excluding carboxylic acids is 1. The van der Waals surface area contributed by atoms with Gasteiger partial charge in [-0.25, -0.2) is 9.78 Å². The van der Waals surface area contributed by atoms with Crippen LogP contribution < -0.4 is 20.9 Å². The summed E-state index contributed by atoms with van der Waals surface area (Å²) in [5.74, 6) is 0.944. The second-order valence-corrected chi connectivity index (χ2v) is 5.82. The molecule has 2 amide bonds. The van der Waals surface area contributed by atoms with Crippen LogP contribution in [-0.4, -0.2) is 31.7 Å². The Balaban J connectivity index is 1.78. The zero-order valence-electron chi connectivity index (χ0n) is 13.4. The van der Waals surface area contributed by atoms with Gasteiger partial charge < -0.3 is 16.0 Å². The molecule has 0 saturated heterocycles. The standard InChI is InChI=1S/C17H21N5O/c1-21(2)16-13(4-3-8-19-16)11-20-14-6-5-12-7-9-22(17(18)23)15(12)10-14/h3-6,8,10,20H,7,9,11H2,1-2H3,(H2,18,23). The van der Waals surface area contributed by atoms with Gasteiger partial charge in [-0.05, 0) is 30.2 Å². The van der Waals surface area contributed by atoms with Crippen LogP contribution in [-0.2, 0) is 13.0 Å². The normalized spacial score (nSPS) is 12.9. The first-order valence-electron chi connectivity index (χ1n) is 7.61. The first kappa shape index (κ1) is 15.1. The Labute approximate surface area is 135 Å². The summed E-state index contributed by atoms with van der Waals surface area (Å²) in [6.07, 6.45) is 2.64. The van der Waals surface area contributed by atoms with Crippen LogP contribution in [0.4, 0.5) is 22.0 Å². The van der Waals surface area contributed by atoms with E-state index in [1.54, 1.807) is 11.1 Å². The Morgan fingerprint density at radius 2 is 2.22 bits per heavy atom. The fourth-order valence-corrected chi connectivity index (χ4v) is 2.89. The number of anilines is 3. The minimum absolute atomic E-state index is 0.400. The zero-order chi connectivity index (χ0) is 16.4. The number of pyridine rings is 1. The molecule has 0 unspecified atom stereocenters. The van der Waals surface area contributed by atoms with Gasteiger partial charge in [-0.2, -0.15) is 0 Å². The number of primary amides is 1. The number of aromatic nitrogens is 1. The van der Waals surface area contributed by atoms with Gasteiger partial charge in [0.2, 0.25) is 0 Å². The lowest BCUT2D eigenvalue weighted by Crippen LogP contribution is -2.33. The van der Waals surface area contributed by atoms with Crippen molar-refractivity contribution in [2.24, 2.45) is 5.73 Å². The molecule has 2 heterocycles. The second-order valence-electron chi connectivity index (χ2n) is 5.82. The van der Waals surface area contributed by atoms with E-state index in [0.29, 0.717) is 13.1 Å². The van der Waals surface area contributed by atoms with Crippen molar-refractivity contribution in [3.8, 4) is 0 Å². The van der Waals surface area contributed by atoms with E-state index in [4.69, 9.17) is 5.73 Å². The van der Waals surface area contributed by atoms with Crippen LogP contribution in [0.15, 0.2) is 36.5 Å². The van der Waals surface area contributed by atoms with E-state index < -0.39 is 6.03 Å². The molecule has 1 aliphatic rings. The van der Waals surface area contributed by atoms with E-state index in [1.165, 1.54) is 0 Å². The number of nitrogens with one attached hydrogen (secondary N) is 1. The Kier molecular flexibility index (Phi) is 4.06. The number of rotatable bonds is 4. The summed E-state index contributed by atoms with van der Waals surface area (Å²) in [4.78, 5) is 19.5. The average Bonchev–Trinajstić information content (AvgIpc) is 2.96. The number of nitrogens with zero attached hydrogens (tertiary/aromatic N) is 3. The minimum Gasteiger partial charge on any atom is -0.381 e. The Morgan fingerprint density at radius 1 is 1.39 bits per heavy atom. The molecule has 0 aliphatic carbocycles. The van der Waals surface area contributed by atoms with Crippen LogP contribution in [0.25, 0.3) is 0 Å². The number of hydrogen-bond donors (Lipinski definition) is 2. The molecule has 0 saturated carbocycles. The second kappa shape index (κ2) is 6.16. The lowest BCUT2D eigenvalue weighted by Gasteiger charge is -2.18. The Bertz CT molecular complexity index is 729. The van der Waals surface area contributed by atoms with Crippen LogP contribution >= 0.6 is 0 Å². The number of nitrogens with two attached hydrogens (primary N) is 1. The molecule has 1 aromatic carbocycles. The van der Waals surface area contributed by atoms with Crippen molar-refractivity contribution < 1.29 is 4.79 Å². The number of benzene rings is 1. The van der Waals surface area contributed by atoms with Crippen molar-refractivity contribution in [3.05, 3.63) is 47.7 Å².